The van der Waals surface area contributed by atoms with Gasteiger partial charge in [0.15, 0.2) is 0 Å². The zero-order valence-corrected chi connectivity index (χ0v) is 12.6. The third kappa shape index (κ3) is 4.02. The van der Waals surface area contributed by atoms with Crippen molar-refractivity contribution in [3.63, 3.8) is 0 Å². The maximum Gasteiger partial charge on any atom is 0.432 e. The molecule has 0 spiro atoms. The number of rotatable bonds is 5. The van der Waals surface area contributed by atoms with Crippen LogP contribution in [0.25, 0.3) is 10.9 Å². The van der Waals surface area contributed by atoms with E-state index in [4.69, 9.17) is 5.11 Å². The normalized spacial score (nSPS) is 12.7. The molecule has 1 heterocycles. The van der Waals surface area contributed by atoms with E-state index in [0.717, 1.165) is 6.26 Å². The van der Waals surface area contributed by atoms with Crippen molar-refractivity contribution in [1.29, 1.82) is 0 Å². The standard InChI is InChI=1S/C13H12F3NO5S/c1-23(20,21)22-5-4-7-2-3-9-8(6-7)10(12(18)19)11(17-9)13(14,15)16/h2-3,6,17H,4-5H2,1H3,(H,18,19). The molecule has 0 saturated heterocycles. The van der Waals surface area contributed by atoms with Crippen LogP contribution in [0.1, 0.15) is 21.6 Å². The zero-order valence-electron chi connectivity index (χ0n) is 11.8. The molecule has 2 N–H and O–H groups in total. The van der Waals surface area contributed by atoms with Crippen LogP contribution < -0.4 is 0 Å². The molecule has 0 aliphatic heterocycles. The highest BCUT2D eigenvalue weighted by molar-refractivity contribution is 7.85. The molecule has 0 aliphatic rings. The first-order valence-electron chi connectivity index (χ1n) is 6.28. The Kier molecular flexibility index (Phi) is 4.40. The van der Waals surface area contributed by atoms with Gasteiger partial charge in [-0.05, 0) is 24.1 Å². The SMILES string of the molecule is CS(=O)(=O)OCCc1ccc2[nH]c(C(F)(F)F)c(C(=O)O)c2c1. The van der Waals surface area contributed by atoms with Crippen molar-refractivity contribution in [3.05, 3.63) is 35.0 Å². The van der Waals surface area contributed by atoms with Crippen molar-refractivity contribution >= 4 is 27.0 Å². The Morgan fingerprint density at radius 3 is 2.52 bits per heavy atom. The van der Waals surface area contributed by atoms with Gasteiger partial charge in [-0.1, -0.05) is 6.07 Å². The van der Waals surface area contributed by atoms with E-state index in [9.17, 15) is 26.4 Å². The van der Waals surface area contributed by atoms with Crippen molar-refractivity contribution in [2.24, 2.45) is 0 Å². The number of H-pyrrole nitrogens is 1. The molecule has 0 saturated carbocycles. The van der Waals surface area contributed by atoms with E-state index in [1.54, 1.807) is 0 Å². The minimum atomic E-state index is -4.83. The Morgan fingerprint density at radius 2 is 2.00 bits per heavy atom. The average Bonchev–Trinajstić information content (AvgIpc) is 2.75. The van der Waals surface area contributed by atoms with Crippen LogP contribution in [0.2, 0.25) is 0 Å². The molecule has 1 aromatic heterocycles. The van der Waals surface area contributed by atoms with Gasteiger partial charge >= 0.3 is 12.1 Å². The molecule has 0 aliphatic carbocycles. The summed E-state index contributed by atoms with van der Waals surface area (Å²) in [5, 5.41) is 8.97. The van der Waals surface area contributed by atoms with Crippen LogP contribution in [-0.4, -0.2) is 37.3 Å². The summed E-state index contributed by atoms with van der Waals surface area (Å²) in [7, 11) is -3.62. The molecule has 0 amide bonds. The molecular formula is C13H12F3NO5S. The van der Waals surface area contributed by atoms with Gasteiger partial charge in [-0.2, -0.15) is 21.6 Å². The Morgan fingerprint density at radius 1 is 1.35 bits per heavy atom. The minimum absolute atomic E-state index is 0.0301. The number of halogens is 3. The van der Waals surface area contributed by atoms with Gasteiger partial charge in [0.05, 0.1) is 18.4 Å². The van der Waals surface area contributed by atoms with Crippen molar-refractivity contribution < 1.29 is 35.7 Å². The third-order valence-electron chi connectivity index (χ3n) is 3.05. The Labute approximate surface area is 129 Å². The first-order valence-corrected chi connectivity index (χ1v) is 8.10. The Hall–Kier alpha value is -2.07. The second-order valence-corrected chi connectivity index (χ2v) is 6.48. The first-order chi connectivity index (χ1) is 10.5. The van der Waals surface area contributed by atoms with Crippen LogP contribution in [0, 0.1) is 0 Å². The lowest BCUT2D eigenvalue weighted by molar-refractivity contribution is -0.141. The monoisotopic (exact) mass is 351 g/mol. The maximum absolute atomic E-state index is 12.9. The number of aromatic amines is 1. The second-order valence-electron chi connectivity index (χ2n) is 4.83. The molecule has 0 radical (unpaired) electrons. The number of fused-ring (bicyclic) bond motifs is 1. The second kappa shape index (κ2) is 5.85. The molecule has 2 aromatic rings. The molecule has 126 valence electrons. The van der Waals surface area contributed by atoms with Gasteiger partial charge in [-0.3, -0.25) is 4.18 Å². The fourth-order valence-corrected chi connectivity index (χ4v) is 2.53. The number of carbonyl (C=O) groups is 1. The number of nitrogens with one attached hydrogen (secondary N) is 1. The number of aromatic nitrogens is 1. The molecule has 6 nitrogen and oxygen atoms in total. The molecule has 0 unspecified atom stereocenters. The summed E-state index contributed by atoms with van der Waals surface area (Å²) in [6.45, 7) is -0.191. The van der Waals surface area contributed by atoms with Gasteiger partial charge in [-0.15, -0.1) is 0 Å². The summed E-state index contributed by atoms with van der Waals surface area (Å²) in [6, 6.07) is 4.05. The molecule has 0 atom stereocenters. The topological polar surface area (TPSA) is 96.5 Å². The predicted octanol–water partition coefficient (Wildman–Crippen LogP) is 2.40. The predicted molar refractivity (Wildman–Crippen MR) is 74.8 cm³/mol. The molecule has 23 heavy (non-hydrogen) atoms. The summed E-state index contributed by atoms with van der Waals surface area (Å²) < 4.78 is 65.0. The van der Waals surface area contributed by atoms with E-state index < -0.39 is 33.5 Å². The van der Waals surface area contributed by atoms with Gasteiger partial charge in [0, 0.05) is 10.9 Å². The van der Waals surface area contributed by atoms with Crippen molar-refractivity contribution in [1.82, 2.24) is 4.98 Å². The van der Waals surface area contributed by atoms with Gasteiger partial charge in [-0.25, -0.2) is 4.79 Å². The highest BCUT2D eigenvalue weighted by Gasteiger charge is 2.38. The van der Waals surface area contributed by atoms with E-state index >= 15 is 0 Å². The fourth-order valence-electron chi connectivity index (χ4n) is 2.14. The number of carboxylic acid groups (broad SMARTS) is 1. The van der Waals surface area contributed by atoms with Crippen LogP contribution >= 0.6 is 0 Å². The summed E-state index contributed by atoms with van der Waals surface area (Å²) in [4.78, 5) is 13.2. The lowest BCUT2D eigenvalue weighted by Gasteiger charge is -2.05. The van der Waals surface area contributed by atoms with Crippen LogP contribution in [0.4, 0.5) is 13.2 Å². The largest absolute Gasteiger partial charge is 0.478 e. The minimum Gasteiger partial charge on any atom is -0.478 e. The number of hydrogen-bond donors (Lipinski definition) is 2. The lowest BCUT2D eigenvalue weighted by Crippen LogP contribution is -2.11. The maximum atomic E-state index is 12.9. The van der Waals surface area contributed by atoms with Crippen LogP contribution in [0.5, 0.6) is 0 Å². The highest BCUT2D eigenvalue weighted by atomic mass is 32.2. The quantitative estimate of drug-likeness (QED) is 0.807. The van der Waals surface area contributed by atoms with Gasteiger partial charge in [0.25, 0.3) is 10.1 Å². The van der Waals surface area contributed by atoms with E-state index in [2.05, 4.69) is 9.17 Å². The molecule has 1 aromatic carbocycles. The molecule has 0 bridgehead atoms. The fraction of sp³-hybridized carbons (Fsp3) is 0.308. The first kappa shape index (κ1) is 17.3. The van der Waals surface area contributed by atoms with E-state index in [-0.39, 0.29) is 23.9 Å². The summed E-state index contributed by atoms with van der Waals surface area (Å²) in [6.07, 6.45) is -3.85. The Bertz CT molecular complexity index is 854. The van der Waals surface area contributed by atoms with Gasteiger partial charge in [0.2, 0.25) is 0 Å². The molecule has 2 rings (SSSR count). The molecule has 10 heteroatoms. The van der Waals surface area contributed by atoms with E-state index in [1.165, 1.54) is 18.2 Å². The highest BCUT2D eigenvalue weighted by Crippen LogP contribution is 2.35. The Balaban J connectivity index is 2.42. The third-order valence-corrected chi connectivity index (χ3v) is 3.64. The number of alkyl halides is 3. The molecule has 0 fully saturated rings. The van der Waals surface area contributed by atoms with Gasteiger partial charge in [0.1, 0.15) is 5.69 Å². The smallest absolute Gasteiger partial charge is 0.432 e. The van der Waals surface area contributed by atoms with E-state index in [1.807, 2.05) is 0 Å². The van der Waals surface area contributed by atoms with Crippen molar-refractivity contribution in [3.8, 4) is 0 Å². The van der Waals surface area contributed by atoms with Crippen LogP contribution in [0.3, 0.4) is 0 Å². The lowest BCUT2D eigenvalue weighted by atomic mass is 10.1. The summed E-state index contributed by atoms with van der Waals surface area (Å²) in [5.41, 5.74) is -1.71. The van der Waals surface area contributed by atoms with Crippen LogP contribution in [0.15, 0.2) is 18.2 Å². The van der Waals surface area contributed by atoms with Crippen LogP contribution in [-0.2, 0) is 26.9 Å². The van der Waals surface area contributed by atoms with Crippen molar-refractivity contribution in [2.45, 2.75) is 12.6 Å². The summed E-state index contributed by atoms with van der Waals surface area (Å²) in [5.74, 6) is -1.70. The average molecular weight is 351 g/mol. The van der Waals surface area contributed by atoms with Crippen molar-refractivity contribution in [2.75, 3.05) is 12.9 Å². The zero-order chi connectivity index (χ0) is 17.4. The van der Waals surface area contributed by atoms with Gasteiger partial charge < -0.3 is 10.1 Å². The number of benzene rings is 1. The number of aromatic carboxylic acids is 1. The summed E-state index contributed by atoms with van der Waals surface area (Å²) >= 11 is 0. The van der Waals surface area contributed by atoms with E-state index in [0.29, 0.717) is 5.56 Å². The number of carboxylic acids is 1. The molecular weight excluding hydrogens is 339 g/mol. The number of hydrogen-bond acceptors (Lipinski definition) is 4.